The van der Waals surface area contributed by atoms with Gasteiger partial charge in [0, 0.05) is 23.7 Å². The lowest BCUT2D eigenvalue weighted by Gasteiger charge is -2.35. The number of hydrogen-bond donors (Lipinski definition) is 2. The van der Waals surface area contributed by atoms with Crippen LogP contribution in [-0.4, -0.2) is 28.6 Å². The molecule has 2 aromatic heterocycles. The van der Waals surface area contributed by atoms with E-state index in [1.165, 1.54) is 24.8 Å². The van der Waals surface area contributed by atoms with Crippen molar-refractivity contribution in [1.29, 1.82) is 0 Å². The zero-order valence-corrected chi connectivity index (χ0v) is 11.3. The van der Waals surface area contributed by atoms with Crippen LogP contribution in [0.5, 0.6) is 5.88 Å². The first-order valence-electron chi connectivity index (χ1n) is 6.88. The number of nitrogens with one attached hydrogen (secondary N) is 1. The predicted molar refractivity (Wildman–Crippen MR) is 74.3 cm³/mol. The Morgan fingerprint density at radius 3 is 2.84 bits per heavy atom. The van der Waals surface area contributed by atoms with Crippen molar-refractivity contribution in [2.75, 3.05) is 13.7 Å². The third kappa shape index (κ3) is 1.98. The molecule has 1 fully saturated rings. The molecule has 19 heavy (non-hydrogen) atoms. The van der Waals surface area contributed by atoms with Crippen LogP contribution in [0.1, 0.15) is 37.7 Å². The van der Waals surface area contributed by atoms with Gasteiger partial charge in [-0.3, -0.25) is 0 Å². The van der Waals surface area contributed by atoms with E-state index in [4.69, 9.17) is 10.5 Å². The number of nitrogens with two attached hydrogens (primary N) is 1. The number of methoxy groups -OCH3 is 1. The molecule has 5 heteroatoms. The van der Waals surface area contributed by atoms with Gasteiger partial charge in [-0.05, 0) is 12.8 Å². The molecule has 102 valence electrons. The summed E-state index contributed by atoms with van der Waals surface area (Å²) in [7, 11) is 1.60. The molecule has 2 heterocycles. The predicted octanol–water partition coefficient (Wildman–Crippen LogP) is 2.13. The van der Waals surface area contributed by atoms with Crippen LogP contribution in [0.2, 0.25) is 0 Å². The van der Waals surface area contributed by atoms with Crippen molar-refractivity contribution in [2.24, 2.45) is 5.73 Å². The second-order valence-electron chi connectivity index (χ2n) is 5.36. The van der Waals surface area contributed by atoms with E-state index in [1.807, 2.05) is 6.20 Å². The molecule has 0 bridgehead atoms. The fraction of sp³-hybridized carbons (Fsp3) is 0.571. The van der Waals surface area contributed by atoms with E-state index in [1.54, 1.807) is 13.3 Å². The van der Waals surface area contributed by atoms with Crippen molar-refractivity contribution < 1.29 is 4.74 Å². The molecule has 3 rings (SSSR count). The Bertz CT molecular complexity index is 572. The van der Waals surface area contributed by atoms with Crippen LogP contribution in [0, 0.1) is 0 Å². The molecule has 0 aliphatic heterocycles. The Hall–Kier alpha value is -1.62. The SMILES string of the molecule is COc1cnc2c(C3(CN)CCCCC3)c[nH]c2n1. The molecule has 0 spiro atoms. The summed E-state index contributed by atoms with van der Waals surface area (Å²) in [6.45, 7) is 0.674. The number of aromatic amines is 1. The van der Waals surface area contributed by atoms with E-state index in [-0.39, 0.29) is 5.41 Å². The summed E-state index contributed by atoms with van der Waals surface area (Å²) in [4.78, 5) is 12.1. The minimum absolute atomic E-state index is 0.0692. The molecule has 1 aliphatic rings. The Morgan fingerprint density at radius 1 is 1.37 bits per heavy atom. The first-order valence-corrected chi connectivity index (χ1v) is 6.88. The summed E-state index contributed by atoms with van der Waals surface area (Å²) in [5.74, 6) is 0.534. The van der Waals surface area contributed by atoms with E-state index in [0.29, 0.717) is 12.4 Å². The zero-order valence-electron chi connectivity index (χ0n) is 11.3. The third-order valence-corrected chi connectivity index (χ3v) is 4.34. The van der Waals surface area contributed by atoms with Gasteiger partial charge in [-0.25, -0.2) is 4.98 Å². The molecule has 2 aromatic rings. The van der Waals surface area contributed by atoms with E-state index in [9.17, 15) is 0 Å². The highest BCUT2D eigenvalue weighted by Gasteiger charge is 2.35. The van der Waals surface area contributed by atoms with Crippen molar-refractivity contribution in [2.45, 2.75) is 37.5 Å². The van der Waals surface area contributed by atoms with Crippen molar-refractivity contribution in [3.63, 3.8) is 0 Å². The Labute approximate surface area is 112 Å². The topological polar surface area (TPSA) is 76.8 Å². The molecule has 0 unspecified atom stereocenters. The van der Waals surface area contributed by atoms with E-state index >= 15 is 0 Å². The molecule has 3 N–H and O–H groups in total. The lowest BCUT2D eigenvalue weighted by molar-refractivity contribution is 0.302. The first-order chi connectivity index (χ1) is 9.29. The van der Waals surface area contributed by atoms with Gasteiger partial charge >= 0.3 is 0 Å². The van der Waals surface area contributed by atoms with Gasteiger partial charge in [0.25, 0.3) is 0 Å². The molecule has 0 amide bonds. The normalized spacial score (nSPS) is 18.6. The van der Waals surface area contributed by atoms with Crippen molar-refractivity contribution in [1.82, 2.24) is 15.0 Å². The maximum absolute atomic E-state index is 6.09. The highest BCUT2D eigenvalue weighted by atomic mass is 16.5. The fourth-order valence-electron chi connectivity index (χ4n) is 3.19. The van der Waals surface area contributed by atoms with Gasteiger partial charge in [0.1, 0.15) is 5.52 Å². The standard InChI is InChI=1S/C14H20N4O/c1-19-11-8-16-12-10(7-17-13(12)18-11)14(9-15)5-3-2-4-6-14/h7-8H,2-6,9,15H2,1H3,(H,17,18). The van der Waals surface area contributed by atoms with Crippen molar-refractivity contribution in [3.05, 3.63) is 18.0 Å². The lowest BCUT2D eigenvalue weighted by atomic mass is 9.70. The van der Waals surface area contributed by atoms with Crippen molar-refractivity contribution >= 4 is 11.2 Å². The van der Waals surface area contributed by atoms with Crippen LogP contribution in [0.3, 0.4) is 0 Å². The lowest BCUT2D eigenvalue weighted by Crippen LogP contribution is -2.37. The minimum atomic E-state index is 0.0692. The van der Waals surface area contributed by atoms with Crippen LogP contribution < -0.4 is 10.5 Å². The molecule has 0 radical (unpaired) electrons. The minimum Gasteiger partial charge on any atom is -0.480 e. The molecule has 1 aliphatic carbocycles. The van der Waals surface area contributed by atoms with E-state index in [0.717, 1.165) is 24.0 Å². The largest absolute Gasteiger partial charge is 0.480 e. The zero-order chi connectivity index (χ0) is 13.3. The highest BCUT2D eigenvalue weighted by Crippen LogP contribution is 2.41. The quantitative estimate of drug-likeness (QED) is 0.886. The molecule has 5 nitrogen and oxygen atoms in total. The molecule has 0 aromatic carbocycles. The maximum Gasteiger partial charge on any atom is 0.234 e. The molecule has 1 saturated carbocycles. The molecule has 0 saturated heterocycles. The molecular formula is C14H20N4O. The highest BCUT2D eigenvalue weighted by molar-refractivity contribution is 5.77. The number of nitrogens with zero attached hydrogens (tertiary/aromatic N) is 2. The number of fused-ring (bicyclic) bond motifs is 1. The average molecular weight is 260 g/mol. The number of rotatable bonds is 3. The summed E-state index contributed by atoms with van der Waals surface area (Å²) in [6, 6.07) is 0. The summed E-state index contributed by atoms with van der Waals surface area (Å²) in [6.07, 6.45) is 9.79. The maximum atomic E-state index is 6.09. The molecular weight excluding hydrogens is 240 g/mol. The van der Waals surface area contributed by atoms with Gasteiger partial charge in [0.2, 0.25) is 5.88 Å². The third-order valence-electron chi connectivity index (χ3n) is 4.34. The summed E-state index contributed by atoms with van der Waals surface area (Å²) in [5, 5.41) is 0. The molecule has 0 atom stereocenters. The van der Waals surface area contributed by atoms with E-state index < -0.39 is 0 Å². The monoisotopic (exact) mass is 260 g/mol. The van der Waals surface area contributed by atoms with Crippen LogP contribution in [-0.2, 0) is 5.41 Å². The number of H-pyrrole nitrogens is 1. The smallest absolute Gasteiger partial charge is 0.234 e. The van der Waals surface area contributed by atoms with Crippen LogP contribution >= 0.6 is 0 Å². The number of ether oxygens (including phenoxy) is 1. The van der Waals surface area contributed by atoms with Crippen molar-refractivity contribution in [3.8, 4) is 5.88 Å². The second kappa shape index (κ2) is 4.81. The number of aromatic nitrogens is 3. The summed E-state index contributed by atoms with van der Waals surface area (Å²) >= 11 is 0. The summed E-state index contributed by atoms with van der Waals surface area (Å²) < 4.78 is 5.11. The van der Waals surface area contributed by atoms with Gasteiger partial charge < -0.3 is 15.5 Å². The average Bonchev–Trinajstić information content (AvgIpc) is 2.91. The number of hydrogen-bond acceptors (Lipinski definition) is 4. The van der Waals surface area contributed by atoms with E-state index in [2.05, 4.69) is 15.0 Å². The van der Waals surface area contributed by atoms with Crippen LogP contribution in [0.25, 0.3) is 11.2 Å². The van der Waals surface area contributed by atoms with Gasteiger partial charge in [-0.1, -0.05) is 19.3 Å². The fourth-order valence-corrected chi connectivity index (χ4v) is 3.19. The van der Waals surface area contributed by atoms with Crippen LogP contribution in [0.4, 0.5) is 0 Å². The Kier molecular flexibility index (Phi) is 3.14. The second-order valence-corrected chi connectivity index (χ2v) is 5.36. The van der Waals surface area contributed by atoms with Gasteiger partial charge in [-0.15, -0.1) is 0 Å². The van der Waals surface area contributed by atoms with Gasteiger partial charge in [-0.2, -0.15) is 4.98 Å². The van der Waals surface area contributed by atoms with Gasteiger partial charge in [0.05, 0.1) is 13.3 Å². The first kappa shape index (κ1) is 12.4. The Balaban J connectivity index is 2.08. The van der Waals surface area contributed by atoms with Crippen LogP contribution in [0.15, 0.2) is 12.4 Å². The van der Waals surface area contributed by atoms with Gasteiger partial charge in [0.15, 0.2) is 5.65 Å². The Morgan fingerprint density at radius 2 is 2.16 bits per heavy atom. The summed E-state index contributed by atoms with van der Waals surface area (Å²) in [5.41, 5.74) is 9.10.